The van der Waals surface area contributed by atoms with E-state index in [1.54, 1.807) is 0 Å². The maximum atomic E-state index is 3.35. The van der Waals surface area contributed by atoms with E-state index in [2.05, 4.69) is 34.1 Å². The predicted molar refractivity (Wildman–Crippen MR) is 33.1 cm³/mol. The van der Waals surface area contributed by atoms with Gasteiger partial charge in [-0.1, -0.05) is 15.9 Å². The molecule has 0 heterocycles. The minimum absolute atomic E-state index is 1.21. The highest BCUT2D eigenvalue weighted by molar-refractivity contribution is 9.10. The molecule has 7 heavy (non-hydrogen) atoms. The molecular weight excluding hydrogens is 152 g/mol. The third-order valence-corrected chi connectivity index (χ3v) is 1.61. The number of hydrogen-bond acceptors (Lipinski definition) is 0. The van der Waals surface area contributed by atoms with Gasteiger partial charge in [-0.2, -0.15) is 0 Å². The van der Waals surface area contributed by atoms with E-state index < -0.39 is 0 Å². The Morgan fingerprint density at radius 1 is 1.00 bits per heavy atom. The molecule has 34 valence electrons. The first-order valence-electron chi connectivity index (χ1n) is 2.17. The molecule has 0 aromatic carbocycles. The summed E-state index contributed by atoms with van der Waals surface area (Å²) in [5.74, 6) is 0. The van der Waals surface area contributed by atoms with Gasteiger partial charge in [-0.15, -0.1) is 0 Å². The minimum atomic E-state index is 1.21. The van der Waals surface area contributed by atoms with Crippen molar-refractivity contribution in [1.29, 1.82) is 0 Å². The maximum Gasteiger partial charge on any atom is 0.0187 e. The maximum absolute atomic E-state index is 3.35. The summed E-state index contributed by atoms with van der Waals surface area (Å²) >= 11 is 3.35. The molecule has 0 unspecified atom stereocenters. The zero-order valence-corrected chi connectivity index (χ0v) is 5.20. The van der Waals surface area contributed by atoms with E-state index in [0.717, 1.165) is 0 Å². The van der Waals surface area contributed by atoms with Crippen LogP contribution >= 0.6 is 15.9 Å². The fourth-order valence-electron chi connectivity index (χ4n) is 0.720. The summed E-state index contributed by atoms with van der Waals surface area (Å²) in [7, 11) is 0. The molecule has 0 bridgehead atoms. The lowest BCUT2D eigenvalue weighted by Gasteiger charge is -1.66. The average Bonchev–Trinajstić information content (AvgIpc) is 2.15. The molecule has 0 saturated carbocycles. The fraction of sp³-hybridized carbons (Fsp3) is 0. The van der Waals surface area contributed by atoms with Gasteiger partial charge in [0.2, 0.25) is 0 Å². The Balaban J connectivity index is 2.74. The summed E-state index contributed by atoms with van der Waals surface area (Å²) in [5.41, 5.74) is 2.79. The van der Waals surface area contributed by atoms with Gasteiger partial charge in [-0.05, 0) is 29.3 Å². The summed E-state index contributed by atoms with van der Waals surface area (Å²) in [5, 5.41) is 0. The lowest BCUT2D eigenvalue weighted by Crippen LogP contribution is -1.39. The molecule has 0 aromatic heterocycles. The van der Waals surface area contributed by atoms with Gasteiger partial charge in [0.25, 0.3) is 0 Å². The summed E-state index contributed by atoms with van der Waals surface area (Å²) in [6, 6.07) is 6.40. The molecule has 0 spiro atoms. The molecule has 0 aliphatic heterocycles. The summed E-state index contributed by atoms with van der Waals surface area (Å²) < 4.78 is 1.21. The van der Waals surface area contributed by atoms with E-state index in [4.69, 9.17) is 0 Å². The van der Waals surface area contributed by atoms with E-state index >= 15 is 0 Å². The van der Waals surface area contributed by atoms with Gasteiger partial charge in [0.05, 0.1) is 0 Å². The zero-order chi connectivity index (χ0) is 4.85. The molecular formula is C6H3Br. The Kier molecular flexibility index (Phi) is 0.482. The summed E-state index contributed by atoms with van der Waals surface area (Å²) in [6.07, 6.45) is 0. The number of fused-ring (bicyclic) bond motifs is 1. The van der Waals surface area contributed by atoms with Gasteiger partial charge in [0.15, 0.2) is 0 Å². The Morgan fingerprint density at radius 3 is 1.86 bits per heavy atom. The van der Waals surface area contributed by atoms with Gasteiger partial charge in [-0.25, -0.2) is 0 Å². The third kappa shape index (κ3) is 0.416. The van der Waals surface area contributed by atoms with Crippen LogP contribution in [0.15, 0.2) is 22.7 Å². The van der Waals surface area contributed by atoms with Gasteiger partial charge in [0.1, 0.15) is 0 Å². The van der Waals surface area contributed by atoms with Gasteiger partial charge in [-0.3, -0.25) is 0 Å². The van der Waals surface area contributed by atoms with Crippen molar-refractivity contribution >= 4 is 15.9 Å². The van der Waals surface area contributed by atoms with Crippen LogP contribution in [0.4, 0.5) is 0 Å². The van der Waals surface area contributed by atoms with Crippen molar-refractivity contribution in [1.82, 2.24) is 0 Å². The van der Waals surface area contributed by atoms with Crippen molar-refractivity contribution in [3.8, 4) is 11.1 Å². The molecule has 0 fully saturated rings. The Bertz CT molecular complexity index is 195. The summed E-state index contributed by atoms with van der Waals surface area (Å²) in [4.78, 5) is 0. The normalized spacial score (nSPS) is 11.6. The third-order valence-electron chi connectivity index (χ3n) is 1.15. The van der Waals surface area contributed by atoms with Crippen LogP contribution in [0.3, 0.4) is 0 Å². The zero-order valence-electron chi connectivity index (χ0n) is 3.61. The van der Waals surface area contributed by atoms with Crippen LogP contribution in [0.25, 0.3) is 11.1 Å². The second-order valence-electron chi connectivity index (χ2n) is 1.73. The van der Waals surface area contributed by atoms with Crippen LogP contribution in [0.5, 0.6) is 0 Å². The first-order chi connectivity index (χ1) is 3.36. The molecule has 0 atom stereocenters. The first-order valence-corrected chi connectivity index (χ1v) is 2.96. The van der Waals surface area contributed by atoms with Crippen LogP contribution in [-0.4, -0.2) is 0 Å². The Labute approximate surface area is 50.3 Å². The molecule has 0 saturated heterocycles. The quantitative estimate of drug-likeness (QED) is 0.547. The Morgan fingerprint density at radius 2 is 1.57 bits per heavy atom. The number of halogens is 1. The highest BCUT2D eigenvalue weighted by Gasteiger charge is 2.11. The highest BCUT2D eigenvalue weighted by atomic mass is 79.9. The van der Waals surface area contributed by atoms with Crippen LogP contribution < -0.4 is 0 Å². The van der Waals surface area contributed by atoms with Gasteiger partial charge >= 0.3 is 0 Å². The number of hydrogen-bond donors (Lipinski definition) is 0. The van der Waals surface area contributed by atoms with E-state index in [1.807, 2.05) is 0 Å². The lowest BCUT2D eigenvalue weighted by atomic mass is 10.6. The average molecular weight is 155 g/mol. The van der Waals surface area contributed by atoms with Crippen molar-refractivity contribution in [2.24, 2.45) is 0 Å². The van der Waals surface area contributed by atoms with Crippen molar-refractivity contribution in [2.45, 2.75) is 0 Å². The monoisotopic (exact) mass is 154 g/mol. The number of benzene rings is 1. The molecule has 2 rings (SSSR count). The molecule has 2 aliphatic carbocycles. The topological polar surface area (TPSA) is 0 Å². The van der Waals surface area contributed by atoms with Crippen LogP contribution in [0.1, 0.15) is 0 Å². The molecule has 0 N–H and O–H groups in total. The van der Waals surface area contributed by atoms with E-state index in [9.17, 15) is 0 Å². The van der Waals surface area contributed by atoms with Gasteiger partial charge in [0, 0.05) is 4.47 Å². The van der Waals surface area contributed by atoms with Crippen LogP contribution in [-0.2, 0) is 0 Å². The fourth-order valence-corrected chi connectivity index (χ4v) is 1.21. The number of rotatable bonds is 0. The van der Waals surface area contributed by atoms with E-state index in [1.165, 1.54) is 15.6 Å². The molecule has 2 aliphatic rings. The van der Waals surface area contributed by atoms with Crippen molar-refractivity contribution in [3.05, 3.63) is 22.7 Å². The largest absolute Gasteiger partial charge is 0.0508 e. The molecule has 0 amide bonds. The molecule has 0 radical (unpaired) electrons. The molecule has 0 nitrogen and oxygen atoms in total. The van der Waals surface area contributed by atoms with Crippen molar-refractivity contribution in [2.75, 3.05) is 0 Å². The highest BCUT2D eigenvalue weighted by Crippen LogP contribution is 2.38. The minimum Gasteiger partial charge on any atom is -0.0508 e. The van der Waals surface area contributed by atoms with Crippen molar-refractivity contribution in [3.63, 3.8) is 0 Å². The first kappa shape index (κ1) is 3.67. The van der Waals surface area contributed by atoms with Gasteiger partial charge < -0.3 is 0 Å². The Hall–Kier alpha value is -0.300. The predicted octanol–water partition coefficient (Wildman–Crippen LogP) is 2.43. The lowest BCUT2D eigenvalue weighted by molar-refractivity contribution is 1.88. The van der Waals surface area contributed by atoms with Crippen molar-refractivity contribution < 1.29 is 0 Å². The second-order valence-corrected chi connectivity index (χ2v) is 2.64. The molecule has 1 heteroatoms. The smallest absolute Gasteiger partial charge is 0.0187 e. The second kappa shape index (κ2) is 0.920. The standard InChI is InChI=1S/C6H3Br/c7-6-2-4-1-5(4)3-6/h1-3H. The molecule has 0 aromatic rings. The van der Waals surface area contributed by atoms with E-state index in [0.29, 0.717) is 0 Å². The summed E-state index contributed by atoms with van der Waals surface area (Å²) in [6.45, 7) is 0. The SMILES string of the molecule is Brc1cc2cc-2c1. The van der Waals surface area contributed by atoms with Crippen LogP contribution in [0.2, 0.25) is 0 Å². The van der Waals surface area contributed by atoms with Crippen LogP contribution in [0, 0.1) is 0 Å². The van der Waals surface area contributed by atoms with E-state index in [-0.39, 0.29) is 0 Å².